The van der Waals surface area contributed by atoms with Crippen LogP contribution in [0.3, 0.4) is 0 Å². The van der Waals surface area contributed by atoms with Gasteiger partial charge < -0.3 is 20.1 Å². The zero-order valence-corrected chi connectivity index (χ0v) is 22.9. The molecule has 0 aliphatic carbocycles. The van der Waals surface area contributed by atoms with Crippen molar-refractivity contribution in [2.75, 3.05) is 18.2 Å². The third-order valence-electron chi connectivity index (χ3n) is 5.98. The smallest absolute Gasteiger partial charge is 0.337 e. The van der Waals surface area contributed by atoms with Crippen LogP contribution in [-0.4, -0.2) is 24.7 Å². The van der Waals surface area contributed by atoms with Crippen molar-refractivity contribution in [2.45, 2.75) is 19.4 Å². The number of allylic oxidation sites excluding steroid dienone is 2. The molecule has 4 rings (SSSR count). The predicted octanol–water partition coefficient (Wildman–Crippen LogP) is 6.16. The predicted molar refractivity (Wildman–Crippen MR) is 153 cm³/mol. The Balaban J connectivity index is 1.58. The minimum atomic E-state index is -0.694. The summed E-state index contributed by atoms with van der Waals surface area (Å²) >= 11 is 7.30. The van der Waals surface area contributed by atoms with E-state index in [-0.39, 0.29) is 18.3 Å². The number of esters is 1. The molecule has 198 valence electrons. The first-order valence-corrected chi connectivity index (χ1v) is 13.4. The van der Waals surface area contributed by atoms with Crippen molar-refractivity contribution in [3.8, 4) is 11.8 Å². The third-order valence-corrected chi connectivity index (χ3v) is 7.25. The van der Waals surface area contributed by atoms with Gasteiger partial charge in [0.25, 0.3) is 0 Å². The largest absolute Gasteiger partial charge is 0.497 e. The lowest BCUT2D eigenvalue weighted by atomic mass is 9.82. The molecule has 0 aromatic heterocycles. The van der Waals surface area contributed by atoms with Crippen LogP contribution in [0, 0.1) is 11.3 Å². The summed E-state index contributed by atoms with van der Waals surface area (Å²) < 4.78 is 10.9. The highest BCUT2D eigenvalue weighted by atomic mass is 35.5. The number of nitrogens with one attached hydrogen (secondary N) is 2. The van der Waals surface area contributed by atoms with Crippen LogP contribution in [0.5, 0.6) is 5.75 Å². The van der Waals surface area contributed by atoms with Crippen LogP contribution < -0.4 is 15.4 Å². The Morgan fingerprint density at radius 3 is 2.51 bits per heavy atom. The zero-order chi connectivity index (χ0) is 27.8. The van der Waals surface area contributed by atoms with E-state index in [1.54, 1.807) is 62.6 Å². The molecular weight excluding hydrogens is 534 g/mol. The highest BCUT2D eigenvalue weighted by Crippen LogP contribution is 2.41. The van der Waals surface area contributed by atoms with Gasteiger partial charge in [-0.2, -0.15) is 5.26 Å². The fraction of sp³-hybridized carbons (Fsp3) is 0.167. The van der Waals surface area contributed by atoms with E-state index >= 15 is 0 Å². The van der Waals surface area contributed by atoms with E-state index in [9.17, 15) is 14.9 Å². The first-order chi connectivity index (χ1) is 18.9. The summed E-state index contributed by atoms with van der Waals surface area (Å²) in [6.45, 7) is 1.86. The normalized spacial score (nSPS) is 14.8. The van der Waals surface area contributed by atoms with Crippen LogP contribution in [0.4, 0.5) is 5.69 Å². The van der Waals surface area contributed by atoms with Gasteiger partial charge in [0.05, 0.1) is 41.0 Å². The maximum absolute atomic E-state index is 13.4. The molecule has 0 radical (unpaired) electrons. The number of anilines is 1. The summed E-state index contributed by atoms with van der Waals surface area (Å²) in [4.78, 5) is 26.1. The number of carbonyl (C=O) groups is 2. The summed E-state index contributed by atoms with van der Waals surface area (Å²) in [5.41, 5.74) is 3.35. The van der Waals surface area contributed by atoms with Crippen molar-refractivity contribution in [3.63, 3.8) is 0 Å². The third kappa shape index (κ3) is 7.02. The molecule has 1 heterocycles. The van der Waals surface area contributed by atoms with Crippen LogP contribution in [-0.2, 0) is 20.9 Å². The Hall–Kier alpha value is -4.19. The molecule has 2 N–H and O–H groups in total. The number of nitriles is 1. The molecular formula is C30H26ClN3O4S. The summed E-state index contributed by atoms with van der Waals surface area (Å²) in [5.74, 6) is -0.809. The molecule has 0 fully saturated rings. The molecule has 39 heavy (non-hydrogen) atoms. The summed E-state index contributed by atoms with van der Waals surface area (Å²) in [7, 11) is 1.56. The molecule has 3 aromatic carbocycles. The van der Waals surface area contributed by atoms with Gasteiger partial charge in [0.1, 0.15) is 12.4 Å². The lowest BCUT2D eigenvalue weighted by molar-refractivity contribution is -0.140. The molecule has 0 saturated carbocycles. The van der Waals surface area contributed by atoms with Gasteiger partial charge in [-0.25, -0.2) is 4.79 Å². The van der Waals surface area contributed by atoms with Gasteiger partial charge in [0.2, 0.25) is 5.91 Å². The summed E-state index contributed by atoms with van der Waals surface area (Å²) in [6, 6.07) is 25.7. The number of amides is 1. The van der Waals surface area contributed by atoms with Crippen molar-refractivity contribution >= 4 is 40.9 Å². The van der Waals surface area contributed by atoms with E-state index < -0.39 is 11.9 Å². The SMILES string of the molecule is COc1cccc(NC(=O)CSC2=C(C#N)[C@@H](c3ccc(Cl)cc3)C(C(=O)OCc3ccccc3)=C(C)N2)c1. The average molecular weight is 560 g/mol. The molecule has 3 aromatic rings. The monoisotopic (exact) mass is 559 g/mol. The molecule has 0 saturated heterocycles. The number of halogens is 1. The van der Waals surface area contributed by atoms with Gasteiger partial charge in [-0.15, -0.1) is 0 Å². The number of hydrogen-bond donors (Lipinski definition) is 2. The van der Waals surface area contributed by atoms with E-state index in [2.05, 4.69) is 16.7 Å². The number of methoxy groups -OCH3 is 1. The second kappa shape index (κ2) is 13.1. The van der Waals surface area contributed by atoms with Gasteiger partial charge in [-0.1, -0.05) is 71.9 Å². The van der Waals surface area contributed by atoms with E-state index in [4.69, 9.17) is 21.1 Å². The Labute approximate surface area is 236 Å². The first kappa shape index (κ1) is 27.8. The van der Waals surface area contributed by atoms with Crippen molar-refractivity contribution in [1.29, 1.82) is 5.26 Å². The highest BCUT2D eigenvalue weighted by molar-refractivity contribution is 8.03. The van der Waals surface area contributed by atoms with Crippen LogP contribution in [0.2, 0.25) is 5.02 Å². The Morgan fingerprint density at radius 1 is 1.08 bits per heavy atom. The van der Waals surface area contributed by atoms with Crippen LogP contribution in [0.15, 0.2) is 101 Å². The number of benzene rings is 3. The molecule has 0 unspecified atom stereocenters. The fourth-order valence-corrected chi connectivity index (χ4v) is 5.14. The Bertz CT molecular complexity index is 1460. The number of thioether (sulfide) groups is 1. The summed E-state index contributed by atoms with van der Waals surface area (Å²) in [6.07, 6.45) is 0. The van der Waals surface area contributed by atoms with E-state index in [0.29, 0.717) is 43.9 Å². The molecule has 1 atom stereocenters. The second-order valence-electron chi connectivity index (χ2n) is 8.63. The quantitative estimate of drug-likeness (QED) is 0.303. The van der Waals surface area contributed by atoms with Crippen molar-refractivity contribution in [3.05, 3.63) is 117 Å². The lowest BCUT2D eigenvalue weighted by Crippen LogP contribution is -2.29. The minimum Gasteiger partial charge on any atom is -0.497 e. The molecule has 1 aliphatic heterocycles. The molecule has 9 heteroatoms. The Kier molecular flexibility index (Phi) is 9.31. The van der Waals surface area contributed by atoms with Gasteiger partial charge >= 0.3 is 5.97 Å². The second-order valence-corrected chi connectivity index (χ2v) is 10.1. The van der Waals surface area contributed by atoms with Crippen LogP contribution in [0.1, 0.15) is 24.0 Å². The van der Waals surface area contributed by atoms with Crippen molar-refractivity contribution in [2.24, 2.45) is 0 Å². The van der Waals surface area contributed by atoms with Crippen molar-refractivity contribution in [1.82, 2.24) is 5.32 Å². The maximum atomic E-state index is 13.4. The first-order valence-electron chi connectivity index (χ1n) is 12.0. The number of nitrogens with zero attached hydrogens (tertiary/aromatic N) is 1. The molecule has 0 bridgehead atoms. The number of hydrogen-bond acceptors (Lipinski definition) is 7. The number of carbonyl (C=O) groups excluding carboxylic acids is 2. The molecule has 1 aliphatic rings. The van der Waals surface area contributed by atoms with Crippen molar-refractivity contribution < 1.29 is 19.1 Å². The van der Waals surface area contributed by atoms with E-state index in [1.807, 2.05) is 30.3 Å². The van der Waals surface area contributed by atoms with Gasteiger partial charge in [-0.3, -0.25) is 4.79 Å². The molecule has 7 nitrogen and oxygen atoms in total. The number of rotatable bonds is 9. The topological polar surface area (TPSA) is 100 Å². The van der Waals surface area contributed by atoms with E-state index in [0.717, 1.165) is 5.56 Å². The zero-order valence-electron chi connectivity index (χ0n) is 21.4. The number of dihydropyridines is 1. The Morgan fingerprint density at radius 2 is 1.82 bits per heavy atom. The van der Waals surface area contributed by atoms with Gasteiger partial charge in [0.15, 0.2) is 0 Å². The lowest BCUT2D eigenvalue weighted by Gasteiger charge is -2.29. The highest BCUT2D eigenvalue weighted by Gasteiger charge is 2.35. The number of ether oxygens (including phenoxy) is 2. The molecule has 0 spiro atoms. The average Bonchev–Trinajstić information content (AvgIpc) is 2.95. The van der Waals surface area contributed by atoms with Gasteiger partial charge in [0, 0.05) is 22.5 Å². The van der Waals surface area contributed by atoms with E-state index in [1.165, 1.54) is 11.8 Å². The standard InChI is InChI=1S/C30H26ClN3O4S/c1-19-27(30(36)38-17-20-7-4-3-5-8-20)28(21-11-13-22(31)14-12-21)25(16-32)29(33-19)39-18-26(35)34-23-9-6-10-24(15-23)37-2/h3-15,28,33H,17-18H2,1-2H3,(H,34,35)/t28-/m1/s1. The fourth-order valence-electron chi connectivity index (χ4n) is 4.12. The minimum absolute atomic E-state index is 0.0408. The molecule has 1 amide bonds. The van der Waals surface area contributed by atoms with Crippen LogP contribution >= 0.6 is 23.4 Å². The van der Waals surface area contributed by atoms with Gasteiger partial charge in [-0.05, 0) is 42.3 Å². The van der Waals surface area contributed by atoms with Crippen LogP contribution in [0.25, 0.3) is 0 Å². The summed E-state index contributed by atoms with van der Waals surface area (Å²) in [5, 5.41) is 17.3. The maximum Gasteiger partial charge on any atom is 0.337 e.